The number of ether oxygens (including phenoxy) is 2. The molecule has 38 heavy (non-hydrogen) atoms. The van der Waals surface area contributed by atoms with E-state index in [1.165, 1.54) is 34.6 Å². The Morgan fingerprint density at radius 3 is 2.74 bits per heavy atom. The maximum absolute atomic E-state index is 15.3. The van der Waals surface area contributed by atoms with Crippen LogP contribution in [0.25, 0.3) is 22.4 Å². The van der Waals surface area contributed by atoms with Crippen LogP contribution in [0.4, 0.5) is 19.1 Å². The Kier molecular flexibility index (Phi) is 6.19. The van der Waals surface area contributed by atoms with E-state index in [0.29, 0.717) is 37.3 Å². The zero-order valence-corrected chi connectivity index (χ0v) is 20.9. The number of imidazole rings is 1. The monoisotopic (exact) mass is 528 g/mol. The average molecular weight is 529 g/mol. The largest absolute Gasteiger partial charge is 0.479 e. The molecule has 1 N–H and O–H groups in total. The van der Waals surface area contributed by atoms with Gasteiger partial charge in [0.15, 0.2) is 12.0 Å². The number of halogens is 3. The summed E-state index contributed by atoms with van der Waals surface area (Å²) in [7, 11) is 1.41. The minimum Gasteiger partial charge on any atom is -0.479 e. The van der Waals surface area contributed by atoms with E-state index < -0.39 is 24.2 Å². The van der Waals surface area contributed by atoms with Gasteiger partial charge in [0, 0.05) is 31.0 Å². The van der Waals surface area contributed by atoms with Crippen molar-refractivity contribution >= 4 is 17.2 Å². The molecule has 13 heteroatoms. The summed E-state index contributed by atoms with van der Waals surface area (Å²) in [4.78, 5) is 14.9. The second kappa shape index (κ2) is 9.55. The van der Waals surface area contributed by atoms with E-state index in [2.05, 4.69) is 36.8 Å². The second-order valence-corrected chi connectivity index (χ2v) is 9.74. The number of nitrogens with zero attached hydrogens (tertiary/aromatic N) is 7. The molecule has 10 nitrogen and oxygen atoms in total. The topological polar surface area (TPSA) is 94.1 Å². The van der Waals surface area contributed by atoms with E-state index in [9.17, 15) is 8.78 Å². The highest BCUT2D eigenvalue weighted by Gasteiger charge is 2.36. The third-order valence-corrected chi connectivity index (χ3v) is 7.14. The molecular formula is C25H27F3N8O2. The Labute approximate surface area is 216 Å². The fourth-order valence-corrected chi connectivity index (χ4v) is 4.98. The van der Waals surface area contributed by atoms with Crippen molar-refractivity contribution in [1.82, 2.24) is 33.9 Å². The minimum absolute atomic E-state index is 0.0946. The van der Waals surface area contributed by atoms with E-state index in [-0.39, 0.29) is 40.4 Å². The number of nitrogens with one attached hydrogen (secondary N) is 1. The quantitative estimate of drug-likeness (QED) is 0.365. The average Bonchev–Trinajstić information content (AvgIpc) is 3.43. The number of piperidine rings is 1. The van der Waals surface area contributed by atoms with Gasteiger partial charge in [0.05, 0.1) is 56.1 Å². The van der Waals surface area contributed by atoms with Gasteiger partial charge in [-0.05, 0) is 18.9 Å². The van der Waals surface area contributed by atoms with Gasteiger partial charge < -0.3 is 14.8 Å². The van der Waals surface area contributed by atoms with Crippen LogP contribution in [0.2, 0.25) is 0 Å². The highest BCUT2D eigenvalue weighted by molar-refractivity contribution is 5.84. The van der Waals surface area contributed by atoms with E-state index >= 15 is 4.39 Å². The van der Waals surface area contributed by atoms with Gasteiger partial charge in [-0.2, -0.15) is 4.98 Å². The summed E-state index contributed by atoms with van der Waals surface area (Å²) >= 11 is 0. The smallest absolute Gasteiger partial charge is 0.244 e. The molecule has 6 heterocycles. The third kappa shape index (κ3) is 4.15. The molecule has 2 aliphatic heterocycles. The second-order valence-electron chi connectivity index (χ2n) is 9.74. The molecule has 200 valence electrons. The maximum Gasteiger partial charge on any atom is 0.244 e. The Morgan fingerprint density at radius 1 is 1.26 bits per heavy atom. The van der Waals surface area contributed by atoms with Crippen LogP contribution in [0.15, 0.2) is 36.9 Å². The lowest BCUT2D eigenvalue weighted by molar-refractivity contribution is -0.0794. The Hall–Kier alpha value is -3.71. The fourth-order valence-electron chi connectivity index (χ4n) is 4.98. The molecular weight excluding hydrogens is 501 g/mol. The molecule has 0 aliphatic carbocycles. The van der Waals surface area contributed by atoms with Gasteiger partial charge in [0.1, 0.15) is 11.7 Å². The van der Waals surface area contributed by atoms with Crippen molar-refractivity contribution in [3.8, 4) is 17.0 Å². The first kappa shape index (κ1) is 24.6. The van der Waals surface area contributed by atoms with Crippen molar-refractivity contribution in [2.24, 2.45) is 0 Å². The van der Waals surface area contributed by atoms with Crippen LogP contribution < -0.4 is 10.1 Å². The first-order valence-corrected chi connectivity index (χ1v) is 12.3. The molecule has 0 bridgehead atoms. The summed E-state index contributed by atoms with van der Waals surface area (Å²) in [5.74, 6) is -0.120. The van der Waals surface area contributed by atoms with Crippen molar-refractivity contribution in [3.63, 3.8) is 0 Å². The van der Waals surface area contributed by atoms with E-state index in [0.717, 1.165) is 6.54 Å². The number of alkyl halides is 2. The first-order chi connectivity index (χ1) is 18.3. The van der Waals surface area contributed by atoms with Crippen molar-refractivity contribution in [2.75, 3.05) is 38.7 Å². The third-order valence-electron chi connectivity index (χ3n) is 7.14. The number of hydrogen-bond donors (Lipinski definition) is 1. The molecule has 0 saturated carbocycles. The van der Waals surface area contributed by atoms with Crippen LogP contribution in [0, 0.1) is 5.82 Å². The van der Waals surface area contributed by atoms with Gasteiger partial charge in [-0.25, -0.2) is 27.7 Å². The van der Waals surface area contributed by atoms with E-state index in [1.807, 2.05) is 0 Å². The number of anilines is 1. The molecule has 3 atom stereocenters. The number of allylic oxidation sites excluding steroid dienone is 1. The molecule has 0 radical (unpaired) electrons. The zero-order chi connectivity index (χ0) is 26.6. The summed E-state index contributed by atoms with van der Waals surface area (Å²) in [5.41, 5.74) is 1.28. The van der Waals surface area contributed by atoms with Crippen LogP contribution >= 0.6 is 0 Å². The molecule has 0 amide bonds. The molecule has 6 rings (SSSR count). The standard InChI is InChI=1S/C25H27F3N8O2/c1-13(2)21(28)19-7-30-25-29-6-14(8-35(19)25)20-17(27)10-36-22(20)23(37-3)32-24(33-36)31-18-4-5-34(9-16(18)26)15-11-38-12-15/h6-8,10,15-16,18,21H,1,4-5,9,11-12H2,2-3H3,(H,31,33)/t16-,18+,21?/m0/s1. The van der Waals surface area contributed by atoms with Gasteiger partial charge in [-0.1, -0.05) is 6.58 Å². The van der Waals surface area contributed by atoms with Crippen LogP contribution in [0.3, 0.4) is 0 Å². The summed E-state index contributed by atoms with van der Waals surface area (Å²) in [6, 6.07) is -0.227. The lowest BCUT2D eigenvalue weighted by atomic mass is 10.0. The number of methoxy groups -OCH3 is 1. The van der Waals surface area contributed by atoms with Crippen LogP contribution in [-0.4, -0.2) is 85.5 Å². The number of rotatable bonds is 7. The van der Waals surface area contributed by atoms with Crippen molar-refractivity contribution in [1.29, 1.82) is 0 Å². The number of fused-ring (bicyclic) bond motifs is 2. The highest BCUT2D eigenvalue weighted by atomic mass is 19.1. The predicted molar refractivity (Wildman–Crippen MR) is 133 cm³/mol. The fraction of sp³-hybridized carbons (Fsp3) is 0.440. The van der Waals surface area contributed by atoms with E-state index in [4.69, 9.17) is 9.47 Å². The highest BCUT2D eigenvalue weighted by Crippen LogP contribution is 2.35. The van der Waals surface area contributed by atoms with Gasteiger partial charge in [-0.15, -0.1) is 5.10 Å². The molecule has 2 saturated heterocycles. The van der Waals surface area contributed by atoms with Gasteiger partial charge in [0.25, 0.3) is 0 Å². The molecule has 0 spiro atoms. The summed E-state index contributed by atoms with van der Waals surface area (Å²) in [5, 5.41) is 7.44. The summed E-state index contributed by atoms with van der Waals surface area (Å²) < 4.78 is 58.6. The number of hydrogen-bond acceptors (Lipinski definition) is 8. The molecule has 2 aliphatic rings. The first-order valence-electron chi connectivity index (χ1n) is 12.3. The Balaban J connectivity index is 1.33. The SMILES string of the molecule is C=C(C)C(F)c1cnc2ncc(-c3c(F)cn4nc(N[C@@H]5CCN(C6COC6)C[C@@H]5F)nc(OC)c34)cn12. The molecule has 2 fully saturated rings. The summed E-state index contributed by atoms with van der Waals surface area (Å²) in [6.07, 6.45) is 3.54. The number of aromatic nitrogens is 6. The normalized spacial score (nSPS) is 21.5. The van der Waals surface area contributed by atoms with Gasteiger partial charge in [0.2, 0.25) is 17.6 Å². The minimum atomic E-state index is -1.46. The zero-order valence-electron chi connectivity index (χ0n) is 20.9. The van der Waals surface area contributed by atoms with Gasteiger partial charge in [-0.3, -0.25) is 9.30 Å². The molecule has 1 unspecified atom stereocenters. The lowest BCUT2D eigenvalue weighted by Gasteiger charge is -2.42. The van der Waals surface area contributed by atoms with Crippen LogP contribution in [-0.2, 0) is 4.74 Å². The van der Waals surface area contributed by atoms with E-state index in [1.54, 1.807) is 13.1 Å². The van der Waals surface area contributed by atoms with Crippen molar-refractivity contribution < 1.29 is 22.6 Å². The Bertz CT molecular complexity index is 1520. The van der Waals surface area contributed by atoms with Crippen LogP contribution in [0.5, 0.6) is 5.88 Å². The van der Waals surface area contributed by atoms with Crippen molar-refractivity contribution in [2.45, 2.75) is 37.8 Å². The lowest BCUT2D eigenvalue weighted by Crippen LogP contribution is -2.57. The Morgan fingerprint density at radius 2 is 2.05 bits per heavy atom. The maximum atomic E-state index is 15.3. The number of likely N-dealkylation sites (tertiary alicyclic amines) is 1. The predicted octanol–water partition coefficient (Wildman–Crippen LogP) is 3.40. The molecule has 4 aromatic rings. The molecule has 0 aromatic carbocycles. The summed E-state index contributed by atoms with van der Waals surface area (Å²) in [6.45, 7) is 7.54. The van der Waals surface area contributed by atoms with Gasteiger partial charge >= 0.3 is 0 Å². The molecule has 4 aromatic heterocycles. The van der Waals surface area contributed by atoms with Crippen LogP contribution in [0.1, 0.15) is 25.2 Å². The van der Waals surface area contributed by atoms with Crippen molar-refractivity contribution in [3.05, 3.63) is 48.5 Å².